The van der Waals surface area contributed by atoms with Crippen LogP contribution in [0.3, 0.4) is 0 Å². The number of likely N-dealkylation sites (tertiary alicyclic amines) is 1. The van der Waals surface area contributed by atoms with E-state index in [2.05, 4.69) is 20.9 Å². The van der Waals surface area contributed by atoms with Crippen LogP contribution < -0.4 is 21.1 Å². The van der Waals surface area contributed by atoms with Gasteiger partial charge in [0.05, 0.1) is 18.7 Å². The molecule has 44 heavy (non-hydrogen) atoms. The molecule has 2 aromatic carbocycles. The Morgan fingerprint density at radius 1 is 1.09 bits per heavy atom. The second-order valence-electron chi connectivity index (χ2n) is 12.8. The molecule has 3 fully saturated rings. The first-order valence-corrected chi connectivity index (χ1v) is 15.8. The summed E-state index contributed by atoms with van der Waals surface area (Å²) in [5.41, 5.74) is 10.1. The first-order valence-electron chi connectivity index (χ1n) is 15.8. The number of rotatable bonds is 11. The maximum Gasteiger partial charge on any atom is 0.243 e. The number of nitrogens with zero attached hydrogens (tertiary/aromatic N) is 4. The minimum atomic E-state index is -0.826. The van der Waals surface area contributed by atoms with Crippen molar-refractivity contribution in [1.82, 2.24) is 30.5 Å². The summed E-state index contributed by atoms with van der Waals surface area (Å²) in [5.74, 6) is 1.52. The number of fused-ring (bicyclic) bond motifs is 3. The fourth-order valence-corrected chi connectivity index (χ4v) is 7.57. The van der Waals surface area contributed by atoms with Gasteiger partial charge in [-0.2, -0.15) is 0 Å². The van der Waals surface area contributed by atoms with Gasteiger partial charge in [-0.25, -0.2) is 4.68 Å². The molecule has 0 radical (unpaired) electrons. The molecule has 2 aliphatic heterocycles. The Balaban J connectivity index is 1.11. The summed E-state index contributed by atoms with van der Waals surface area (Å²) in [6.45, 7) is 2.54. The summed E-state index contributed by atoms with van der Waals surface area (Å²) in [7, 11) is 3.47. The molecular formula is C33H43N7O4. The Bertz CT molecular complexity index is 1490. The van der Waals surface area contributed by atoms with Crippen LogP contribution in [-0.2, 0) is 34.4 Å². The topological polar surface area (TPSA) is 144 Å². The zero-order valence-corrected chi connectivity index (χ0v) is 25.6. The molecule has 3 aliphatic rings. The predicted octanol–water partition coefficient (Wildman–Crippen LogP) is 1.98. The van der Waals surface area contributed by atoms with Crippen LogP contribution in [0.2, 0.25) is 0 Å². The number of benzene rings is 2. The number of hydrogen-bond acceptors (Lipinski definition) is 8. The summed E-state index contributed by atoms with van der Waals surface area (Å²) in [6.07, 6.45) is 4.05. The molecule has 3 heterocycles. The van der Waals surface area contributed by atoms with Gasteiger partial charge in [0.25, 0.3) is 0 Å². The largest absolute Gasteiger partial charge is 0.497 e. The molecule has 3 aromatic rings. The molecule has 1 aliphatic carbocycles. The van der Waals surface area contributed by atoms with Gasteiger partial charge >= 0.3 is 0 Å². The molecule has 6 rings (SSSR count). The van der Waals surface area contributed by atoms with Gasteiger partial charge in [-0.15, -0.1) is 5.10 Å². The van der Waals surface area contributed by atoms with E-state index in [0.29, 0.717) is 44.2 Å². The van der Waals surface area contributed by atoms with Crippen LogP contribution in [0.1, 0.15) is 43.2 Å². The third kappa shape index (κ3) is 6.34. The SMILES string of the molecule is COc1ccc(CC2CC(C(=O)NCc3ccc4c(c3)nnn4C)N(C(=O)C(N)CCC(=O)C3C4CCC3CNC4)C2)cc1. The van der Waals surface area contributed by atoms with Crippen molar-refractivity contribution in [1.29, 1.82) is 0 Å². The highest BCUT2D eigenvalue weighted by Crippen LogP contribution is 2.40. The van der Waals surface area contributed by atoms with Gasteiger partial charge in [-0.1, -0.05) is 23.4 Å². The number of amides is 2. The summed E-state index contributed by atoms with van der Waals surface area (Å²) >= 11 is 0. The van der Waals surface area contributed by atoms with Crippen LogP contribution in [0.5, 0.6) is 5.75 Å². The monoisotopic (exact) mass is 601 g/mol. The minimum Gasteiger partial charge on any atom is -0.497 e. The zero-order valence-electron chi connectivity index (χ0n) is 25.6. The van der Waals surface area contributed by atoms with Gasteiger partial charge in [0.2, 0.25) is 11.8 Å². The number of piperidine rings is 1. The first-order chi connectivity index (χ1) is 21.3. The van der Waals surface area contributed by atoms with Crippen LogP contribution in [-0.4, -0.2) is 76.3 Å². The van der Waals surface area contributed by atoms with Gasteiger partial charge in [-0.05, 0) is 98.3 Å². The lowest BCUT2D eigenvalue weighted by Gasteiger charge is -2.30. The van der Waals surface area contributed by atoms with Crippen molar-refractivity contribution in [3.05, 3.63) is 53.6 Å². The van der Waals surface area contributed by atoms with Crippen LogP contribution in [0.25, 0.3) is 11.0 Å². The minimum absolute atomic E-state index is 0.0823. The van der Waals surface area contributed by atoms with Crippen LogP contribution in [0.15, 0.2) is 42.5 Å². The molecule has 2 bridgehead atoms. The van der Waals surface area contributed by atoms with E-state index < -0.39 is 12.1 Å². The Morgan fingerprint density at radius 2 is 1.82 bits per heavy atom. The Hall–Kier alpha value is -3.83. The number of nitrogens with one attached hydrogen (secondary N) is 2. The second-order valence-corrected chi connectivity index (χ2v) is 12.8. The average molecular weight is 602 g/mol. The van der Waals surface area contributed by atoms with Crippen LogP contribution >= 0.6 is 0 Å². The number of carbonyl (C=O) groups excluding carboxylic acids is 3. The molecule has 5 atom stereocenters. The van der Waals surface area contributed by atoms with Crippen LogP contribution in [0, 0.1) is 23.7 Å². The van der Waals surface area contributed by atoms with E-state index in [1.54, 1.807) is 16.7 Å². The van der Waals surface area contributed by atoms with E-state index in [-0.39, 0.29) is 29.4 Å². The Morgan fingerprint density at radius 3 is 2.55 bits per heavy atom. The van der Waals surface area contributed by atoms with Crippen molar-refractivity contribution >= 4 is 28.6 Å². The number of carbonyl (C=O) groups is 3. The molecule has 0 spiro atoms. The van der Waals surface area contributed by atoms with Crippen molar-refractivity contribution in [2.75, 3.05) is 26.7 Å². The molecule has 1 aromatic heterocycles. The van der Waals surface area contributed by atoms with Gasteiger partial charge in [0, 0.05) is 32.5 Å². The maximum absolute atomic E-state index is 13.8. The van der Waals surface area contributed by atoms with Crippen molar-refractivity contribution < 1.29 is 19.1 Å². The van der Waals surface area contributed by atoms with Gasteiger partial charge in [-0.3, -0.25) is 14.4 Å². The van der Waals surface area contributed by atoms with E-state index in [1.807, 2.05) is 49.5 Å². The van der Waals surface area contributed by atoms with Crippen LogP contribution in [0.4, 0.5) is 0 Å². The van der Waals surface area contributed by atoms with Crippen molar-refractivity contribution in [2.45, 2.75) is 57.2 Å². The number of methoxy groups -OCH3 is 1. The predicted molar refractivity (Wildman–Crippen MR) is 165 cm³/mol. The molecule has 4 N–H and O–H groups in total. The highest BCUT2D eigenvalue weighted by atomic mass is 16.5. The van der Waals surface area contributed by atoms with Gasteiger partial charge < -0.3 is 26.0 Å². The number of ketones is 1. The fraction of sp³-hybridized carbons (Fsp3) is 0.545. The van der Waals surface area contributed by atoms with Gasteiger partial charge in [0.15, 0.2) is 0 Å². The number of aromatic nitrogens is 3. The van der Waals surface area contributed by atoms with E-state index in [1.165, 1.54) is 0 Å². The summed E-state index contributed by atoms with van der Waals surface area (Å²) in [5, 5.41) is 14.7. The number of aryl methyl sites for hydroxylation is 1. The van der Waals surface area contributed by atoms with E-state index >= 15 is 0 Å². The smallest absolute Gasteiger partial charge is 0.243 e. The van der Waals surface area contributed by atoms with E-state index in [4.69, 9.17) is 10.5 Å². The third-order valence-corrected chi connectivity index (χ3v) is 9.93. The maximum atomic E-state index is 13.8. The van der Waals surface area contributed by atoms with Crippen molar-refractivity contribution in [3.63, 3.8) is 0 Å². The molecule has 11 heteroatoms. The van der Waals surface area contributed by atoms with Crippen molar-refractivity contribution in [2.24, 2.45) is 36.5 Å². The average Bonchev–Trinajstić information content (AvgIpc) is 3.71. The number of Topliss-reactive ketones (excluding diaryl/α,β-unsaturated/α-hetero) is 1. The normalized spacial score (nSPS) is 25.2. The summed E-state index contributed by atoms with van der Waals surface area (Å²) in [6, 6.07) is 12.2. The quantitative estimate of drug-likeness (QED) is 0.303. The zero-order chi connectivity index (χ0) is 30.8. The van der Waals surface area contributed by atoms with E-state index in [0.717, 1.165) is 60.3 Å². The first kappa shape index (κ1) is 30.2. The highest BCUT2D eigenvalue weighted by molar-refractivity contribution is 5.91. The lowest BCUT2D eigenvalue weighted by Crippen LogP contribution is -2.51. The second kappa shape index (κ2) is 13.0. The Labute approximate surface area is 257 Å². The standard InChI is InChI=1S/C33H43N7O4/c1-39-28-11-5-21(14-27(28)37-38-39)16-36-32(42)29-15-22(13-20-3-8-25(44-2)9-4-20)19-40(29)33(43)26(34)10-12-30(41)31-23-6-7-24(31)18-35-17-23/h3-5,8-9,11,14,22-24,26,29,31,35H,6-7,10,12-13,15-19,34H2,1-2H3,(H,36,42). The van der Waals surface area contributed by atoms with Crippen molar-refractivity contribution in [3.8, 4) is 5.75 Å². The molecule has 1 saturated carbocycles. The summed E-state index contributed by atoms with van der Waals surface area (Å²) < 4.78 is 6.99. The summed E-state index contributed by atoms with van der Waals surface area (Å²) in [4.78, 5) is 42.2. The highest BCUT2D eigenvalue weighted by Gasteiger charge is 2.44. The number of hydrogen-bond donors (Lipinski definition) is 3. The molecule has 11 nitrogen and oxygen atoms in total. The third-order valence-electron chi connectivity index (χ3n) is 9.93. The molecular weight excluding hydrogens is 558 g/mol. The molecule has 234 valence electrons. The lowest BCUT2D eigenvalue weighted by molar-refractivity contribution is -0.139. The molecule has 2 amide bonds. The molecule has 2 saturated heterocycles. The number of ether oxygens (including phenoxy) is 1. The molecule has 5 unspecified atom stereocenters. The number of nitrogens with two attached hydrogens (primary N) is 1. The Kier molecular flexibility index (Phi) is 8.95. The van der Waals surface area contributed by atoms with Gasteiger partial charge in [0.1, 0.15) is 23.1 Å². The van der Waals surface area contributed by atoms with E-state index in [9.17, 15) is 14.4 Å². The lowest BCUT2D eigenvalue weighted by atomic mass is 9.81. The fourth-order valence-electron chi connectivity index (χ4n) is 7.57.